The summed E-state index contributed by atoms with van der Waals surface area (Å²) in [6.45, 7) is 0.434. The van der Waals surface area contributed by atoms with Gasteiger partial charge in [0.15, 0.2) is 0 Å². The standard InChI is InChI=1S/C12H18N4O/c1-16(2)11-7-5-10(6-8-11)12(17)4-3-9-14-15-13/h5-8,12,17H,3-4,9H2,1-2H3. The van der Waals surface area contributed by atoms with E-state index in [4.69, 9.17) is 5.53 Å². The highest BCUT2D eigenvalue weighted by Crippen LogP contribution is 2.21. The average Bonchev–Trinajstić information content (AvgIpc) is 2.34. The highest BCUT2D eigenvalue weighted by molar-refractivity contribution is 5.46. The fourth-order valence-corrected chi connectivity index (χ4v) is 1.56. The van der Waals surface area contributed by atoms with Crippen molar-refractivity contribution in [1.82, 2.24) is 0 Å². The SMILES string of the molecule is CN(C)c1ccc(C(O)CCCN=[N+]=[N-])cc1. The van der Waals surface area contributed by atoms with Gasteiger partial charge < -0.3 is 10.0 Å². The van der Waals surface area contributed by atoms with Crippen LogP contribution in [-0.4, -0.2) is 25.7 Å². The molecule has 1 atom stereocenters. The van der Waals surface area contributed by atoms with Gasteiger partial charge in [0.25, 0.3) is 0 Å². The van der Waals surface area contributed by atoms with Gasteiger partial charge in [-0.05, 0) is 36.1 Å². The summed E-state index contributed by atoms with van der Waals surface area (Å²) in [6.07, 6.45) is 0.821. The summed E-state index contributed by atoms with van der Waals surface area (Å²) < 4.78 is 0. The van der Waals surface area contributed by atoms with Crippen molar-refractivity contribution >= 4 is 5.69 Å². The molecule has 0 aliphatic heterocycles. The third-order valence-corrected chi connectivity index (χ3v) is 2.59. The molecule has 1 N–H and O–H groups in total. The Hall–Kier alpha value is -1.71. The summed E-state index contributed by atoms with van der Waals surface area (Å²) in [4.78, 5) is 4.69. The maximum Gasteiger partial charge on any atom is 0.0790 e. The van der Waals surface area contributed by atoms with Crippen LogP contribution in [0.25, 0.3) is 10.4 Å². The van der Waals surface area contributed by atoms with Crippen molar-refractivity contribution < 1.29 is 5.11 Å². The van der Waals surface area contributed by atoms with Crippen LogP contribution in [0.3, 0.4) is 0 Å². The summed E-state index contributed by atoms with van der Waals surface area (Å²) in [5.74, 6) is 0. The molecule has 0 saturated carbocycles. The third kappa shape index (κ3) is 4.34. The molecule has 0 fully saturated rings. The lowest BCUT2D eigenvalue weighted by Crippen LogP contribution is -2.08. The molecular formula is C12H18N4O. The van der Waals surface area contributed by atoms with Crippen molar-refractivity contribution in [1.29, 1.82) is 0 Å². The molecule has 5 heteroatoms. The zero-order chi connectivity index (χ0) is 12.7. The smallest absolute Gasteiger partial charge is 0.0790 e. The first-order valence-electron chi connectivity index (χ1n) is 5.61. The number of hydrogen-bond acceptors (Lipinski definition) is 3. The van der Waals surface area contributed by atoms with Crippen LogP contribution in [0.5, 0.6) is 0 Å². The van der Waals surface area contributed by atoms with Crippen LogP contribution in [0.15, 0.2) is 29.4 Å². The van der Waals surface area contributed by atoms with Gasteiger partial charge in [-0.25, -0.2) is 0 Å². The van der Waals surface area contributed by atoms with Crippen molar-refractivity contribution in [2.24, 2.45) is 5.11 Å². The first-order chi connectivity index (χ1) is 8.15. The van der Waals surface area contributed by atoms with Crippen LogP contribution in [0.2, 0.25) is 0 Å². The van der Waals surface area contributed by atoms with Crippen LogP contribution in [0.4, 0.5) is 5.69 Å². The van der Waals surface area contributed by atoms with Crippen molar-refractivity contribution in [3.63, 3.8) is 0 Å². The lowest BCUT2D eigenvalue weighted by molar-refractivity contribution is 0.165. The number of azide groups is 1. The van der Waals surface area contributed by atoms with E-state index in [-0.39, 0.29) is 0 Å². The number of benzene rings is 1. The molecule has 0 aliphatic carbocycles. The van der Waals surface area contributed by atoms with Gasteiger partial charge in [-0.15, -0.1) is 0 Å². The molecule has 0 radical (unpaired) electrons. The van der Waals surface area contributed by atoms with Crippen molar-refractivity contribution in [3.8, 4) is 0 Å². The molecule has 17 heavy (non-hydrogen) atoms. The molecule has 0 saturated heterocycles. The van der Waals surface area contributed by atoms with Gasteiger partial charge in [0.1, 0.15) is 0 Å². The normalized spacial score (nSPS) is 11.7. The van der Waals surface area contributed by atoms with Crippen molar-refractivity contribution in [2.75, 3.05) is 25.5 Å². The van der Waals surface area contributed by atoms with Gasteiger partial charge in [-0.2, -0.15) is 0 Å². The average molecular weight is 234 g/mol. The number of rotatable bonds is 6. The Bertz CT molecular complexity index is 382. The molecule has 1 aromatic carbocycles. The Balaban J connectivity index is 2.51. The molecule has 0 heterocycles. The highest BCUT2D eigenvalue weighted by atomic mass is 16.3. The van der Waals surface area contributed by atoms with Crippen LogP contribution < -0.4 is 4.90 Å². The predicted molar refractivity (Wildman–Crippen MR) is 69.0 cm³/mol. The summed E-state index contributed by atoms with van der Waals surface area (Å²) in [5.41, 5.74) is 10.1. The summed E-state index contributed by atoms with van der Waals surface area (Å²) >= 11 is 0. The van der Waals surface area contributed by atoms with Gasteiger partial charge in [0.05, 0.1) is 6.10 Å². The quantitative estimate of drug-likeness (QED) is 0.356. The zero-order valence-electron chi connectivity index (χ0n) is 10.2. The largest absolute Gasteiger partial charge is 0.388 e. The molecule has 92 valence electrons. The molecule has 0 spiro atoms. The fraction of sp³-hybridized carbons (Fsp3) is 0.500. The van der Waals surface area contributed by atoms with Crippen molar-refractivity contribution in [3.05, 3.63) is 40.3 Å². The Kier molecular flexibility index (Phi) is 5.33. The van der Waals surface area contributed by atoms with Gasteiger partial charge >= 0.3 is 0 Å². The van der Waals surface area contributed by atoms with E-state index in [2.05, 4.69) is 10.0 Å². The highest BCUT2D eigenvalue weighted by Gasteiger charge is 2.06. The number of aliphatic hydroxyl groups is 1. The summed E-state index contributed by atoms with van der Waals surface area (Å²) in [6, 6.07) is 7.80. The molecule has 1 aromatic rings. The minimum atomic E-state index is -0.486. The predicted octanol–water partition coefficient (Wildman–Crippen LogP) is 2.88. The zero-order valence-corrected chi connectivity index (χ0v) is 10.2. The van der Waals surface area contributed by atoms with Gasteiger partial charge in [0.2, 0.25) is 0 Å². The Morgan fingerprint density at radius 1 is 1.35 bits per heavy atom. The fourth-order valence-electron chi connectivity index (χ4n) is 1.56. The minimum Gasteiger partial charge on any atom is -0.388 e. The molecule has 0 amide bonds. The van der Waals surface area contributed by atoms with Crippen LogP contribution >= 0.6 is 0 Å². The lowest BCUT2D eigenvalue weighted by Gasteiger charge is -2.15. The molecule has 0 aromatic heterocycles. The second-order valence-electron chi connectivity index (χ2n) is 4.10. The minimum absolute atomic E-state index is 0.434. The Morgan fingerprint density at radius 2 is 2.00 bits per heavy atom. The second-order valence-corrected chi connectivity index (χ2v) is 4.10. The summed E-state index contributed by atoms with van der Waals surface area (Å²) in [5, 5.41) is 13.3. The van der Waals surface area contributed by atoms with Crippen molar-refractivity contribution in [2.45, 2.75) is 18.9 Å². The van der Waals surface area contributed by atoms with Crippen LogP contribution in [0, 0.1) is 0 Å². The first kappa shape index (κ1) is 13.4. The van der Waals surface area contributed by atoms with E-state index < -0.39 is 6.10 Å². The maximum absolute atomic E-state index is 9.90. The number of aliphatic hydroxyl groups excluding tert-OH is 1. The monoisotopic (exact) mass is 234 g/mol. The molecule has 1 rings (SSSR count). The number of hydrogen-bond donors (Lipinski definition) is 1. The molecule has 0 aliphatic rings. The van der Waals surface area contributed by atoms with Gasteiger partial charge in [0, 0.05) is 31.2 Å². The van der Waals surface area contributed by atoms with E-state index >= 15 is 0 Å². The Morgan fingerprint density at radius 3 is 2.53 bits per heavy atom. The van der Waals surface area contributed by atoms with E-state index in [1.54, 1.807) is 0 Å². The summed E-state index contributed by atoms with van der Waals surface area (Å²) in [7, 11) is 3.96. The molecule has 1 unspecified atom stereocenters. The van der Waals surface area contributed by atoms with E-state index in [1.807, 2.05) is 43.3 Å². The van der Waals surface area contributed by atoms with E-state index in [0.29, 0.717) is 19.4 Å². The first-order valence-corrected chi connectivity index (χ1v) is 5.61. The maximum atomic E-state index is 9.90. The molecular weight excluding hydrogens is 216 g/mol. The van der Waals surface area contributed by atoms with E-state index in [1.165, 1.54) is 0 Å². The van der Waals surface area contributed by atoms with Crippen LogP contribution in [0.1, 0.15) is 24.5 Å². The van der Waals surface area contributed by atoms with E-state index in [9.17, 15) is 5.11 Å². The van der Waals surface area contributed by atoms with Gasteiger partial charge in [-0.1, -0.05) is 17.2 Å². The van der Waals surface area contributed by atoms with Gasteiger partial charge in [-0.3, -0.25) is 0 Å². The lowest BCUT2D eigenvalue weighted by atomic mass is 10.0. The van der Waals surface area contributed by atoms with E-state index in [0.717, 1.165) is 11.3 Å². The van der Waals surface area contributed by atoms with Crippen LogP contribution in [-0.2, 0) is 0 Å². The number of nitrogens with zero attached hydrogens (tertiary/aromatic N) is 4. The third-order valence-electron chi connectivity index (χ3n) is 2.59. The second kappa shape index (κ2) is 6.78. The molecule has 0 bridgehead atoms. The topological polar surface area (TPSA) is 72.2 Å². The Labute approximate surface area is 101 Å². The number of anilines is 1. The molecule has 5 nitrogen and oxygen atoms in total.